The Hall–Kier alpha value is -2.82. The minimum atomic E-state index is 0. The van der Waals surface area contributed by atoms with Gasteiger partial charge in [-0.05, 0) is 48.9 Å². The van der Waals surface area contributed by atoms with E-state index in [2.05, 4.69) is 37.5 Å². The summed E-state index contributed by atoms with van der Waals surface area (Å²) in [5.41, 5.74) is 2.09. The van der Waals surface area contributed by atoms with Gasteiger partial charge >= 0.3 is 0 Å². The van der Waals surface area contributed by atoms with Crippen molar-refractivity contribution in [1.29, 1.82) is 0 Å². The summed E-state index contributed by atoms with van der Waals surface area (Å²) in [6, 6.07) is 15.7. The van der Waals surface area contributed by atoms with E-state index in [0.717, 1.165) is 36.1 Å². The molecule has 0 aliphatic heterocycles. The number of benzene rings is 2. The lowest BCUT2D eigenvalue weighted by Crippen LogP contribution is -2.38. The van der Waals surface area contributed by atoms with Gasteiger partial charge in [-0.2, -0.15) is 5.10 Å². The van der Waals surface area contributed by atoms with Gasteiger partial charge in [-0.3, -0.25) is 5.10 Å². The predicted octanol–water partition coefficient (Wildman–Crippen LogP) is 3.70. The first-order valence-corrected chi connectivity index (χ1v) is 9.81. The van der Waals surface area contributed by atoms with Gasteiger partial charge in [0, 0.05) is 25.7 Å². The number of ether oxygens (including phenoxy) is 2. The van der Waals surface area contributed by atoms with Crippen LogP contribution in [0.15, 0.2) is 53.5 Å². The number of hydrogen-bond acceptors (Lipinski definition) is 5. The highest BCUT2D eigenvalue weighted by Gasteiger charge is 2.09. The van der Waals surface area contributed by atoms with Crippen LogP contribution >= 0.6 is 24.0 Å². The van der Waals surface area contributed by atoms with E-state index in [1.54, 1.807) is 14.2 Å². The fourth-order valence-electron chi connectivity index (χ4n) is 2.93. The molecule has 0 saturated carbocycles. The Labute approximate surface area is 200 Å². The summed E-state index contributed by atoms with van der Waals surface area (Å²) in [5, 5.41) is 10.6. The molecule has 1 aromatic heterocycles. The van der Waals surface area contributed by atoms with E-state index in [1.807, 2.05) is 50.4 Å². The van der Waals surface area contributed by atoms with E-state index in [0.29, 0.717) is 18.2 Å². The standard InChI is InChI=1S/C22H28N6O2.HI/c1-5-23-22(28(2)15-16-6-10-18(29-3)11-7-16)24-14-20-25-21(27-26-20)17-8-12-19(30-4)13-9-17;/h6-13H,5,14-15H2,1-4H3,(H,23,24)(H,25,26,27);1H. The Bertz CT molecular complexity index is 957. The monoisotopic (exact) mass is 536 g/mol. The van der Waals surface area contributed by atoms with Gasteiger partial charge in [0.05, 0.1) is 14.2 Å². The average molecular weight is 536 g/mol. The van der Waals surface area contributed by atoms with Gasteiger partial charge in [0.15, 0.2) is 11.8 Å². The molecule has 166 valence electrons. The Morgan fingerprint density at radius 3 is 2.23 bits per heavy atom. The van der Waals surface area contributed by atoms with Crippen LogP contribution in [-0.4, -0.2) is 53.9 Å². The van der Waals surface area contributed by atoms with Gasteiger partial charge in [0.25, 0.3) is 0 Å². The molecular formula is C22H29IN6O2. The number of methoxy groups -OCH3 is 2. The van der Waals surface area contributed by atoms with Gasteiger partial charge in [0.1, 0.15) is 23.9 Å². The second-order valence-corrected chi connectivity index (χ2v) is 6.71. The van der Waals surface area contributed by atoms with Gasteiger partial charge in [-0.1, -0.05) is 12.1 Å². The first kappa shape index (κ1) is 24.4. The maximum atomic E-state index is 5.22. The number of aliphatic imine (C=N–C) groups is 1. The van der Waals surface area contributed by atoms with Crippen molar-refractivity contribution in [3.05, 3.63) is 59.9 Å². The zero-order valence-corrected chi connectivity index (χ0v) is 20.6. The van der Waals surface area contributed by atoms with Crippen molar-refractivity contribution >= 4 is 29.9 Å². The Balaban J connectivity index is 0.00000341. The molecule has 8 nitrogen and oxygen atoms in total. The summed E-state index contributed by atoms with van der Waals surface area (Å²) >= 11 is 0. The fraction of sp³-hybridized carbons (Fsp3) is 0.318. The van der Waals surface area contributed by atoms with E-state index in [9.17, 15) is 0 Å². The summed E-state index contributed by atoms with van der Waals surface area (Å²) in [6.07, 6.45) is 0. The van der Waals surface area contributed by atoms with Crippen molar-refractivity contribution in [2.45, 2.75) is 20.0 Å². The van der Waals surface area contributed by atoms with E-state index in [-0.39, 0.29) is 24.0 Å². The molecule has 0 bridgehead atoms. The van der Waals surface area contributed by atoms with Gasteiger partial charge in [-0.15, -0.1) is 24.0 Å². The zero-order chi connectivity index (χ0) is 21.3. The fourth-order valence-corrected chi connectivity index (χ4v) is 2.93. The molecule has 0 fully saturated rings. The van der Waals surface area contributed by atoms with Gasteiger partial charge in [-0.25, -0.2) is 9.98 Å². The molecular weight excluding hydrogens is 507 g/mol. The largest absolute Gasteiger partial charge is 0.497 e. The van der Waals surface area contributed by atoms with E-state index >= 15 is 0 Å². The summed E-state index contributed by atoms with van der Waals surface area (Å²) < 4.78 is 10.4. The highest BCUT2D eigenvalue weighted by atomic mass is 127. The molecule has 31 heavy (non-hydrogen) atoms. The Kier molecular flexibility index (Phi) is 9.57. The molecule has 2 N–H and O–H groups in total. The lowest BCUT2D eigenvalue weighted by atomic mass is 10.2. The third kappa shape index (κ3) is 6.84. The summed E-state index contributed by atoms with van der Waals surface area (Å²) in [6.45, 7) is 3.95. The van der Waals surface area contributed by atoms with Crippen molar-refractivity contribution in [2.75, 3.05) is 27.8 Å². The highest BCUT2D eigenvalue weighted by Crippen LogP contribution is 2.19. The number of aromatic amines is 1. The van der Waals surface area contributed by atoms with Crippen LogP contribution in [0.25, 0.3) is 11.4 Å². The molecule has 9 heteroatoms. The SMILES string of the molecule is CCNC(=NCc1nc(-c2ccc(OC)cc2)n[nH]1)N(C)Cc1ccc(OC)cc1.I. The predicted molar refractivity (Wildman–Crippen MR) is 133 cm³/mol. The first-order valence-electron chi connectivity index (χ1n) is 9.81. The zero-order valence-electron chi connectivity index (χ0n) is 18.3. The summed E-state index contributed by atoms with van der Waals surface area (Å²) in [7, 11) is 5.32. The molecule has 2 aromatic carbocycles. The van der Waals surface area contributed by atoms with Gasteiger partial charge < -0.3 is 19.7 Å². The van der Waals surface area contributed by atoms with Gasteiger partial charge in [0.2, 0.25) is 0 Å². The van der Waals surface area contributed by atoms with Crippen molar-refractivity contribution in [1.82, 2.24) is 25.4 Å². The molecule has 0 radical (unpaired) electrons. The minimum absolute atomic E-state index is 0. The molecule has 3 rings (SSSR count). The molecule has 0 aliphatic rings. The minimum Gasteiger partial charge on any atom is -0.497 e. The van der Waals surface area contributed by atoms with Crippen molar-refractivity contribution in [3.63, 3.8) is 0 Å². The highest BCUT2D eigenvalue weighted by molar-refractivity contribution is 14.0. The normalized spacial score (nSPS) is 10.9. The van der Waals surface area contributed by atoms with Crippen molar-refractivity contribution in [2.24, 2.45) is 4.99 Å². The van der Waals surface area contributed by atoms with Crippen LogP contribution in [-0.2, 0) is 13.1 Å². The lowest BCUT2D eigenvalue weighted by Gasteiger charge is -2.22. The van der Waals surface area contributed by atoms with Crippen LogP contribution in [0.5, 0.6) is 11.5 Å². The average Bonchev–Trinajstić information content (AvgIpc) is 3.26. The topological polar surface area (TPSA) is 87.7 Å². The molecule has 0 aliphatic carbocycles. The van der Waals surface area contributed by atoms with Crippen LogP contribution in [0, 0.1) is 0 Å². The number of rotatable bonds is 8. The third-order valence-electron chi connectivity index (χ3n) is 4.53. The first-order chi connectivity index (χ1) is 14.6. The molecule has 1 heterocycles. The molecule has 0 amide bonds. The van der Waals surface area contributed by atoms with Crippen LogP contribution in [0.2, 0.25) is 0 Å². The number of guanidine groups is 1. The van der Waals surface area contributed by atoms with Crippen LogP contribution < -0.4 is 14.8 Å². The second kappa shape index (κ2) is 12.1. The smallest absolute Gasteiger partial charge is 0.194 e. The maximum absolute atomic E-state index is 5.22. The summed E-state index contributed by atoms with van der Waals surface area (Å²) in [5.74, 6) is 3.79. The second-order valence-electron chi connectivity index (χ2n) is 6.71. The number of H-pyrrole nitrogens is 1. The Morgan fingerprint density at radius 1 is 1.03 bits per heavy atom. The molecule has 0 atom stereocenters. The quantitative estimate of drug-likeness (QED) is 0.260. The van der Waals surface area contributed by atoms with E-state index < -0.39 is 0 Å². The lowest BCUT2D eigenvalue weighted by molar-refractivity contribution is 0.414. The third-order valence-corrected chi connectivity index (χ3v) is 4.53. The van der Waals surface area contributed by atoms with Crippen molar-refractivity contribution in [3.8, 4) is 22.9 Å². The van der Waals surface area contributed by atoms with E-state index in [4.69, 9.17) is 14.5 Å². The van der Waals surface area contributed by atoms with E-state index in [1.165, 1.54) is 5.56 Å². The molecule has 0 saturated heterocycles. The molecule has 0 spiro atoms. The molecule has 0 unspecified atom stereocenters. The number of halogens is 1. The van der Waals surface area contributed by atoms with Crippen molar-refractivity contribution < 1.29 is 9.47 Å². The Morgan fingerprint density at radius 2 is 1.65 bits per heavy atom. The summed E-state index contributed by atoms with van der Waals surface area (Å²) in [4.78, 5) is 11.3. The van der Waals surface area contributed by atoms with Crippen LogP contribution in [0.4, 0.5) is 0 Å². The van der Waals surface area contributed by atoms with Crippen LogP contribution in [0.3, 0.4) is 0 Å². The number of aromatic nitrogens is 3. The van der Waals surface area contributed by atoms with Crippen LogP contribution in [0.1, 0.15) is 18.3 Å². The number of nitrogens with zero attached hydrogens (tertiary/aromatic N) is 4. The maximum Gasteiger partial charge on any atom is 0.194 e. The number of nitrogens with one attached hydrogen (secondary N) is 2. The number of hydrogen-bond donors (Lipinski definition) is 2. The molecule has 3 aromatic rings.